The molecule has 80 valence electrons. The second-order valence-electron chi connectivity index (χ2n) is 2.38. The zero-order chi connectivity index (χ0) is 11.4. The van der Waals surface area contributed by atoms with Gasteiger partial charge in [0.05, 0.1) is 0 Å². The molecule has 0 saturated carbocycles. The van der Waals surface area contributed by atoms with Gasteiger partial charge in [-0.05, 0) is 6.92 Å². The van der Waals surface area contributed by atoms with Gasteiger partial charge in [0.25, 0.3) is 3.79 Å². The number of halogens is 3. The summed E-state index contributed by atoms with van der Waals surface area (Å²) in [6.07, 6.45) is 1.17. The summed E-state index contributed by atoms with van der Waals surface area (Å²) in [6.45, 7) is 1.43. The first-order valence-corrected chi connectivity index (χ1v) is 4.69. The van der Waals surface area contributed by atoms with Crippen LogP contribution in [0.5, 0.6) is 0 Å². The second-order valence-corrected chi connectivity index (χ2v) is 4.66. The quantitative estimate of drug-likeness (QED) is 0.586. The largest absolute Gasteiger partial charge is 0.341 e. The molecule has 0 aliphatic carbocycles. The summed E-state index contributed by atoms with van der Waals surface area (Å²) < 4.78 is -2.00. The Morgan fingerprint density at radius 2 is 1.79 bits per heavy atom. The highest BCUT2D eigenvalue weighted by Crippen LogP contribution is 2.29. The van der Waals surface area contributed by atoms with Crippen LogP contribution in [0.15, 0.2) is 11.8 Å². The van der Waals surface area contributed by atoms with Gasteiger partial charge in [0, 0.05) is 18.8 Å². The van der Waals surface area contributed by atoms with Crippen molar-refractivity contribution in [3.05, 3.63) is 11.8 Å². The predicted octanol–water partition coefficient (Wildman–Crippen LogP) is 1.76. The minimum Gasteiger partial charge on any atom is -0.341 e. The average Bonchev–Trinajstić information content (AvgIpc) is 2.10. The van der Waals surface area contributed by atoms with Gasteiger partial charge in [0.15, 0.2) is 0 Å². The number of hydrogen-bond donors (Lipinski definition) is 2. The summed E-state index contributed by atoms with van der Waals surface area (Å²) >= 11 is 16.0. The monoisotopic (exact) mass is 258 g/mol. The molecule has 0 aromatic carbocycles. The van der Waals surface area contributed by atoms with Crippen molar-refractivity contribution >= 4 is 46.6 Å². The first-order valence-electron chi connectivity index (χ1n) is 3.55. The first-order chi connectivity index (χ1) is 6.29. The Kier molecular flexibility index (Phi) is 5.26. The van der Waals surface area contributed by atoms with E-state index < -0.39 is 15.6 Å². The molecule has 0 bridgehead atoms. The fraction of sp³-hybridized carbons (Fsp3) is 0.429. The number of ketones is 1. The summed E-state index contributed by atoms with van der Waals surface area (Å²) in [4.78, 5) is 21.9. The number of rotatable bonds is 2. The Morgan fingerprint density at radius 1 is 1.29 bits per heavy atom. The van der Waals surface area contributed by atoms with E-state index in [1.807, 2.05) is 0 Å². The van der Waals surface area contributed by atoms with Crippen molar-refractivity contribution in [2.45, 2.75) is 10.7 Å². The van der Waals surface area contributed by atoms with E-state index in [4.69, 9.17) is 34.8 Å². The zero-order valence-electron chi connectivity index (χ0n) is 7.53. The van der Waals surface area contributed by atoms with Crippen LogP contribution in [0, 0.1) is 0 Å². The highest BCUT2D eigenvalue weighted by atomic mass is 35.6. The summed E-state index contributed by atoms with van der Waals surface area (Å²) in [5.74, 6) is -0.682. The molecule has 0 aliphatic heterocycles. The lowest BCUT2D eigenvalue weighted by Crippen LogP contribution is -2.30. The minimum atomic E-state index is -2.00. The second kappa shape index (κ2) is 5.44. The van der Waals surface area contributed by atoms with Gasteiger partial charge >= 0.3 is 6.03 Å². The van der Waals surface area contributed by atoms with Crippen LogP contribution >= 0.6 is 34.8 Å². The van der Waals surface area contributed by atoms with Crippen LogP contribution < -0.4 is 10.6 Å². The Balaban J connectivity index is 4.40. The van der Waals surface area contributed by atoms with E-state index in [0.29, 0.717) is 0 Å². The van der Waals surface area contributed by atoms with Gasteiger partial charge in [-0.2, -0.15) is 0 Å². The molecule has 2 amide bonds. The topological polar surface area (TPSA) is 58.2 Å². The van der Waals surface area contributed by atoms with Gasteiger partial charge in [-0.25, -0.2) is 4.79 Å². The molecular formula is C7H9Cl3N2O2. The predicted molar refractivity (Wildman–Crippen MR) is 56.6 cm³/mol. The minimum absolute atomic E-state index is 0.147. The third kappa shape index (κ3) is 4.69. The number of carbonyl (C=O) groups excluding carboxylic acids is 2. The summed E-state index contributed by atoms with van der Waals surface area (Å²) in [6, 6.07) is -0.457. The lowest BCUT2D eigenvalue weighted by molar-refractivity contribution is -0.114. The Bertz CT molecular complexity index is 271. The Hall–Kier alpha value is -0.450. The van der Waals surface area contributed by atoms with E-state index in [2.05, 4.69) is 10.6 Å². The molecule has 4 nitrogen and oxygen atoms in total. The van der Waals surface area contributed by atoms with E-state index in [9.17, 15) is 9.59 Å². The SMILES string of the molecule is CNC(=O)N/C=C(\C)C(=O)C(Cl)(Cl)Cl. The van der Waals surface area contributed by atoms with Crippen molar-refractivity contribution in [3.8, 4) is 0 Å². The zero-order valence-corrected chi connectivity index (χ0v) is 9.80. The van der Waals surface area contributed by atoms with Crippen molar-refractivity contribution < 1.29 is 9.59 Å². The van der Waals surface area contributed by atoms with Crippen LogP contribution in [0.3, 0.4) is 0 Å². The normalized spacial score (nSPS) is 12.2. The smallest absolute Gasteiger partial charge is 0.318 e. The number of hydrogen-bond acceptors (Lipinski definition) is 2. The van der Waals surface area contributed by atoms with Gasteiger partial charge < -0.3 is 10.6 Å². The van der Waals surface area contributed by atoms with Crippen molar-refractivity contribution in [3.63, 3.8) is 0 Å². The van der Waals surface area contributed by atoms with Crippen molar-refractivity contribution in [1.29, 1.82) is 0 Å². The number of carbonyl (C=O) groups is 2. The maximum absolute atomic E-state index is 11.2. The van der Waals surface area contributed by atoms with Crippen molar-refractivity contribution in [2.75, 3.05) is 7.05 Å². The van der Waals surface area contributed by atoms with E-state index in [1.165, 1.54) is 20.2 Å². The third-order valence-electron chi connectivity index (χ3n) is 1.26. The van der Waals surface area contributed by atoms with E-state index in [-0.39, 0.29) is 5.57 Å². The van der Waals surface area contributed by atoms with Gasteiger partial charge in [-0.1, -0.05) is 34.8 Å². The molecule has 14 heavy (non-hydrogen) atoms. The molecule has 0 heterocycles. The molecule has 2 N–H and O–H groups in total. The highest BCUT2D eigenvalue weighted by molar-refractivity contribution is 6.77. The highest BCUT2D eigenvalue weighted by Gasteiger charge is 2.31. The van der Waals surface area contributed by atoms with Crippen LogP contribution in [0.2, 0.25) is 0 Å². The molecule has 0 aliphatic rings. The van der Waals surface area contributed by atoms with Crippen LogP contribution in [-0.2, 0) is 4.79 Å². The fourth-order valence-corrected chi connectivity index (χ4v) is 0.982. The van der Waals surface area contributed by atoms with Crippen molar-refractivity contribution in [2.24, 2.45) is 0 Å². The molecule has 0 unspecified atom stereocenters. The molecule has 0 atom stereocenters. The van der Waals surface area contributed by atoms with E-state index >= 15 is 0 Å². The lowest BCUT2D eigenvalue weighted by atomic mass is 10.2. The van der Waals surface area contributed by atoms with Gasteiger partial charge in [0.1, 0.15) is 0 Å². The molecule has 0 aromatic heterocycles. The van der Waals surface area contributed by atoms with Crippen LogP contribution in [0.4, 0.5) is 4.79 Å². The lowest BCUT2D eigenvalue weighted by Gasteiger charge is -2.09. The molecule has 7 heteroatoms. The van der Waals surface area contributed by atoms with E-state index in [0.717, 1.165) is 0 Å². The molecule has 0 aromatic rings. The number of urea groups is 1. The van der Waals surface area contributed by atoms with Crippen LogP contribution in [0.1, 0.15) is 6.92 Å². The number of nitrogens with one attached hydrogen (secondary N) is 2. The molecular weight excluding hydrogens is 250 g/mol. The summed E-state index contributed by atoms with van der Waals surface area (Å²) in [7, 11) is 1.44. The molecule has 0 radical (unpaired) electrons. The van der Waals surface area contributed by atoms with Gasteiger partial charge in [-0.3, -0.25) is 4.79 Å². The molecule has 0 rings (SSSR count). The van der Waals surface area contributed by atoms with Crippen LogP contribution in [0.25, 0.3) is 0 Å². The van der Waals surface area contributed by atoms with Crippen molar-refractivity contribution in [1.82, 2.24) is 10.6 Å². The number of amides is 2. The third-order valence-corrected chi connectivity index (χ3v) is 1.78. The van der Waals surface area contributed by atoms with E-state index in [1.54, 1.807) is 0 Å². The maximum atomic E-state index is 11.2. The fourth-order valence-electron chi connectivity index (χ4n) is 0.535. The summed E-state index contributed by atoms with van der Waals surface area (Å²) in [5, 5.41) is 4.57. The molecule has 0 saturated heterocycles. The maximum Gasteiger partial charge on any atom is 0.318 e. The molecule has 0 fully saturated rings. The molecule has 0 spiro atoms. The van der Waals surface area contributed by atoms with Gasteiger partial charge in [0.2, 0.25) is 5.78 Å². The summed E-state index contributed by atoms with van der Waals surface area (Å²) in [5.41, 5.74) is 0.147. The Morgan fingerprint density at radius 3 is 2.14 bits per heavy atom. The van der Waals surface area contributed by atoms with Crippen LogP contribution in [-0.4, -0.2) is 22.7 Å². The standard InChI is InChI=1S/C7H9Cl3N2O2/c1-4(3-12-6(14)11-2)5(13)7(8,9)10/h3H,1-2H3,(H2,11,12,14)/b4-3+. The number of allylic oxidation sites excluding steroid dienone is 1. The Labute approximate surface area is 96.6 Å². The average molecular weight is 260 g/mol. The first kappa shape index (κ1) is 13.5. The van der Waals surface area contributed by atoms with Gasteiger partial charge in [-0.15, -0.1) is 0 Å². The number of alkyl halides is 3. The number of Topliss-reactive ketones (excluding diaryl/α,β-unsaturated/α-hetero) is 1.